The van der Waals surface area contributed by atoms with E-state index in [0.717, 1.165) is 22.5 Å². The van der Waals surface area contributed by atoms with E-state index in [1.165, 1.54) is 6.26 Å². The molecule has 0 spiro atoms. The highest BCUT2D eigenvalue weighted by molar-refractivity contribution is 7.90. The SMILES string of the molecule is CS(=O)(=O)CCCn1c(CN2C(=O)CN(c3cccnc3)Cc3ccccc32)nc2cc(Cl)ccc21. The molecular formula is C26H26ClN5O3S. The van der Waals surface area contributed by atoms with E-state index in [-0.39, 0.29) is 24.7 Å². The van der Waals surface area contributed by atoms with Gasteiger partial charge >= 0.3 is 0 Å². The molecule has 1 aliphatic rings. The van der Waals surface area contributed by atoms with Gasteiger partial charge in [-0.2, -0.15) is 0 Å². The number of aryl methyl sites for hydroxylation is 1. The second-order valence-corrected chi connectivity index (χ2v) is 11.7. The Balaban J connectivity index is 1.52. The van der Waals surface area contributed by atoms with Gasteiger partial charge in [-0.3, -0.25) is 9.78 Å². The molecule has 1 aliphatic heterocycles. The zero-order valence-corrected chi connectivity index (χ0v) is 21.4. The fraction of sp³-hybridized carbons (Fsp3) is 0.269. The van der Waals surface area contributed by atoms with E-state index in [9.17, 15) is 13.2 Å². The fourth-order valence-electron chi connectivity index (χ4n) is 4.60. The maximum absolute atomic E-state index is 13.6. The highest BCUT2D eigenvalue weighted by Gasteiger charge is 2.28. The normalized spacial score (nSPS) is 14.2. The Morgan fingerprint density at radius 2 is 1.89 bits per heavy atom. The number of rotatable bonds is 7. The zero-order valence-electron chi connectivity index (χ0n) is 19.8. The van der Waals surface area contributed by atoms with Gasteiger partial charge in [0, 0.05) is 36.3 Å². The van der Waals surface area contributed by atoms with Gasteiger partial charge in [0.05, 0.1) is 41.8 Å². The van der Waals surface area contributed by atoms with Gasteiger partial charge in [-0.15, -0.1) is 0 Å². The van der Waals surface area contributed by atoms with Gasteiger partial charge in [0.2, 0.25) is 5.91 Å². The molecule has 2 aromatic heterocycles. The van der Waals surface area contributed by atoms with Crippen LogP contribution in [-0.2, 0) is 34.3 Å². The molecule has 10 heteroatoms. The van der Waals surface area contributed by atoms with Crippen molar-refractivity contribution in [2.24, 2.45) is 0 Å². The first kappa shape index (κ1) is 24.3. The van der Waals surface area contributed by atoms with E-state index >= 15 is 0 Å². The lowest BCUT2D eigenvalue weighted by atomic mass is 10.1. The first-order chi connectivity index (χ1) is 17.3. The van der Waals surface area contributed by atoms with Gasteiger partial charge < -0.3 is 14.4 Å². The molecule has 0 atom stereocenters. The zero-order chi connectivity index (χ0) is 25.3. The van der Waals surface area contributed by atoms with E-state index in [2.05, 4.69) is 4.98 Å². The maximum atomic E-state index is 13.6. The van der Waals surface area contributed by atoms with Crippen LogP contribution in [0.4, 0.5) is 11.4 Å². The summed E-state index contributed by atoms with van der Waals surface area (Å²) in [6, 6.07) is 17.1. The van der Waals surface area contributed by atoms with Crippen LogP contribution >= 0.6 is 11.6 Å². The lowest BCUT2D eigenvalue weighted by Gasteiger charge is -2.23. The average molecular weight is 524 g/mol. The molecule has 0 saturated carbocycles. The Bertz CT molecular complexity index is 1520. The van der Waals surface area contributed by atoms with E-state index in [0.29, 0.717) is 35.9 Å². The smallest absolute Gasteiger partial charge is 0.246 e. The number of carbonyl (C=O) groups excluding carboxylic acids is 1. The molecule has 5 rings (SSSR count). The van der Waals surface area contributed by atoms with Gasteiger partial charge in [-0.05, 0) is 48.4 Å². The van der Waals surface area contributed by atoms with Crippen molar-refractivity contribution in [3.8, 4) is 0 Å². The molecule has 0 N–H and O–H groups in total. The summed E-state index contributed by atoms with van der Waals surface area (Å²) >= 11 is 6.22. The maximum Gasteiger partial charge on any atom is 0.246 e. The van der Waals surface area contributed by atoms with Crippen LogP contribution in [0.5, 0.6) is 0 Å². The van der Waals surface area contributed by atoms with E-state index in [1.807, 2.05) is 51.9 Å². The summed E-state index contributed by atoms with van der Waals surface area (Å²) in [6.07, 6.45) is 5.15. The number of carbonyl (C=O) groups is 1. The second-order valence-electron chi connectivity index (χ2n) is 8.97. The first-order valence-electron chi connectivity index (χ1n) is 11.6. The number of para-hydroxylation sites is 1. The van der Waals surface area contributed by atoms with Gasteiger partial charge in [-0.25, -0.2) is 13.4 Å². The molecule has 36 heavy (non-hydrogen) atoms. The number of sulfone groups is 1. The molecule has 8 nitrogen and oxygen atoms in total. The van der Waals surface area contributed by atoms with Gasteiger partial charge in [-0.1, -0.05) is 29.8 Å². The number of hydrogen-bond acceptors (Lipinski definition) is 6. The van der Waals surface area contributed by atoms with E-state index < -0.39 is 9.84 Å². The van der Waals surface area contributed by atoms with Crippen molar-refractivity contribution in [1.82, 2.24) is 14.5 Å². The van der Waals surface area contributed by atoms with Crippen LogP contribution in [0.25, 0.3) is 11.0 Å². The van der Waals surface area contributed by atoms with Gasteiger partial charge in [0.1, 0.15) is 15.7 Å². The number of imidazole rings is 1. The molecule has 0 aliphatic carbocycles. The van der Waals surface area contributed by atoms with Crippen LogP contribution < -0.4 is 9.80 Å². The largest absolute Gasteiger partial charge is 0.357 e. The van der Waals surface area contributed by atoms with Crippen molar-refractivity contribution >= 4 is 49.8 Å². The number of amides is 1. The molecule has 0 unspecified atom stereocenters. The van der Waals surface area contributed by atoms with Crippen molar-refractivity contribution in [2.75, 3.05) is 28.4 Å². The highest BCUT2D eigenvalue weighted by Crippen LogP contribution is 2.30. The summed E-state index contributed by atoms with van der Waals surface area (Å²) in [5.41, 5.74) is 4.31. The third-order valence-corrected chi connectivity index (χ3v) is 7.53. The summed E-state index contributed by atoms with van der Waals surface area (Å²) in [6.45, 7) is 1.49. The number of fused-ring (bicyclic) bond motifs is 2. The summed E-state index contributed by atoms with van der Waals surface area (Å²) in [7, 11) is -3.09. The Morgan fingerprint density at radius 3 is 2.67 bits per heavy atom. The molecule has 3 heterocycles. The third kappa shape index (κ3) is 5.22. The number of anilines is 2. The number of aromatic nitrogens is 3. The molecule has 186 valence electrons. The molecule has 1 amide bonds. The van der Waals surface area contributed by atoms with Crippen molar-refractivity contribution in [2.45, 2.75) is 26.1 Å². The van der Waals surface area contributed by atoms with Crippen LogP contribution in [0.2, 0.25) is 5.02 Å². The Labute approximate surface area is 215 Å². The number of pyridine rings is 1. The molecule has 0 radical (unpaired) electrons. The highest BCUT2D eigenvalue weighted by atomic mass is 35.5. The standard InChI is InChI=1S/C26H26ClN5O3S/c1-36(34,35)13-5-12-31-24-10-9-20(27)14-22(24)29-25(31)17-32-23-8-3-2-6-19(23)16-30(18-26(32)33)21-7-4-11-28-15-21/h2-4,6-11,14-15H,5,12-13,16-18H2,1H3. The van der Waals surface area contributed by atoms with Crippen LogP contribution in [-0.4, -0.2) is 47.4 Å². The van der Waals surface area contributed by atoms with Gasteiger partial charge in [0.15, 0.2) is 0 Å². The second kappa shape index (κ2) is 9.91. The van der Waals surface area contributed by atoms with Crippen LogP contribution in [0.15, 0.2) is 67.0 Å². The molecule has 0 saturated heterocycles. The Hall–Kier alpha value is -3.43. The molecule has 0 fully saturated rings. The Kier molecular flexibility index (Phi) is 6.68. The lowest BCUT2D eigenvalue weighted by Crippen LogP contribution is -2.37. The number of nitrogens with zero attached hydrogens (tertiary/aromatic N) is 5. The van der Waals surface area contributed by atoms with Crippen molar-refractivity contribution < 1.29 is 13.2 Å². The average Bonchev–Trinajstić information content (AvgIpc) is 3.10. The van der Waals surface area contributed by atoms with Crippen LogP contribution in [0.1, 0.15) is 17.8 Å². The quantitative estimate of drug-likeness (QED) is 0.363. The minimum atomic E-state index is -3.09. The van der Waals surface area contributed by atoms with Crippen LogP contribution in [0.3, 0.4) is 0 Å². The molecule has 0 bridgehead atoms. The monoisotopic (exact) mass is 523 g/mol. The Morgan fingerprint density at radius 1 is 1.06 bits per heavy atom. The first-order valence-corrected chi connectivity index (χ1v) is 14.1. The molecular weight excluding hydrogens is 498 g/mol. The molecule has 4 aromatic rings. The minimum Gasteiger partial charge on any atom is -0.357 e. The third-order valence-electron chi connectivity index (χ3n) is 6.27. The van der Waals surface area contributed by atoms with Gasteiger partial charge in [0.25, 0.3) is 0 Å². The summed E-state index contributed by atoms with van der Waals surface area (Å²) in [5.74, 6) is 0.695. The summed E-state index contributed by atoms with van der Waals surface area (Å²) < 4.78 is 25.5. The lowest BCUT2D eigenvalue weighted by molar-refractivity contribution is -0.117. The summed E-state index contributed by atoms with van der Waals surface area (Å²) in [4.78, 5) is 26.4. The number of hydrogen-bond donors (Lipinski definition) is 0. The predicted octanol–water partition coefficient (Wildman–Crippen LogP) is 4.07. The van der Waals surface area contributed by atoms with Crippen molar-refractivity contribution in [3.05, 3.63) is 83.4 Å². The minimum absolute atomic E-state index is 0.0587. The summed E-state index contributed by atoms with van der Waals surface area (Å²) in [5, 5.41) is 0.568. The topological polar surface area (TPSA) is 88.4 Å². The van der Waals surface area contributed by atoms with Crippen molar-refractivity contribution in [3.63, 3.8) is 0 Å². The van der Waals surface area contributed by atoms with Crippen LogP contribution in [0, 0.1) is 0 Å². The van der Waals surface area contributed by atoms with E-state index in [4.69, 9.17) is 16.6 Å². The predicted molar refractivity (Wildman–Crippen MR) is 142 cm³/mol. The van der Waals surface area contributed by atoms with Crippen molar-refractivity contribution in [1.29, 1.82) is 0 Å². The fourth-order valence-corrected chi connectivity index (χ4v) is 5.42. The number of benzene rings is 2. The van der Waals surface area contributed by atoms with E-state index in [1.54, 1.807) is 29.4 Å². The number of halogens is 1. The molecule has 2 aromatic carbocycles.